The van der Waals surface area contributed by atoms with Gasteiger partial charge in [-0.05, 0) is 77.4 Å². The molecule has 1 aliphatic rings. The van der Waals surface area contributed by atoms with Crippen LogP contribution in [-0.4, -0.2) is 19.2 Å². The predicted octanol–water partition coefficient (Wildman–Crippen LogP) is 5.92. The fourth-order valence-electron chi connectivity index (χ4n) is 4.19. The first-order chi connectivity index (χ1) is 12.6. The van der Waals surface area contributed by atoms with Gasteiger partial charge in [0.15, 0.2) is 11.5 Å². The lowest BCUT2D eigenvalue weighted by atomic mass is 9.83. The third kappa shape index (κ3) is 2.90. The summed E-state index contributed by atoms with van der Waals surface area (Å²) >= 11 is 3.77. The van der Waals surface area contributed by atoms with E-state index in [4.69, 9.17) is 9.47 Å². The summed E-state index contributed by atoms with van der Waals surface area (Å²) in [6.45, 7) is 2.14. The Kier molecular flexibility index (Phi) is 4.70. The number of H-pyrrole nitrogens is 1. The third-order valence-electron chi connectivity index (χ3n) is 5.56. The Bertz CT molecular complexity index is 960. The largest absolute Gasteiger partial charge is 0.493 e. The molecule has 1 aliphatic carbocycles. The second kappa shape index (κ2) is 6.99. The van der Waals surface area contributed by atoms with Crippen molar-refractivity contribution < 1.29 is 9.47 Å². The first kappa shape index (κ1) is 17.5. The van der Waals surface area contributed by atoms with Crippen LogP contribution in [0.4, 0.5) is 0 Å². The molecule has 1 N–H and O–H groups in total. The van der Waals surface area contributed by atoms with Crippen molar-refractivity contribution in [2.75, 3.05) is 14.2 Å². The number of nitrogens with one attached hydrogen (secondary N) is 1. The average Bonchev–Trinajstić information content (AvgIpc) is 3.05. The Morgan fingerprint density at radius 3 is 2.69 bits per heavy atom. The molecule has 4 rings (SSSR count). The van der Waals surface area contributed by atoms with Gasteiger partial charge in [0, 0.05) is 21.5 Å². The number of aromatic amines is 1. The van der Waals surface area contributed by atoms with Crippen molar-refractivity contribution in [3.05, 3.63) is 57.2 Å². The minimum Gasteiger partial charge on any atom is -0.493 e. The zero-order chi connectivity index (χ0) is 18.3. The van der Waals surface area contributed by atoms with Crippen LogP contribution in [0.2, 0.25) is 0 Å². The van der Waals surface area contributed by atoms with E-state index in [9.17, 15) is 0 Å². The molecule has 3 aromatic rings. The molecule has 0 radical (unpaired) electrons. The number of rotatable bonds is 4. The molecule has 0 aliphatic heterocycles. The second-order valence-electron chi connectivity index (χ2n) is 7.12. The summed E-state index contributed by atoms with van der Waals surface area (Å²) in [6, 6.07) is 10.7. The van der Waals surface area contributed by atoms with Crippen LogP contribution in [0, 0.1) is 6.92 Å². The summed E-state index contributed by atoms with van der Waals surface area (Å²) in [5.41, 5.74) is 6.71. The van der Waals surface area contributed by atoms with E-state index in [2.05, 4.69) is 52.1 Å². The topological polar surface area (TPSA) is 34.2 Å². The molecule has 0 fully saturated rings. The highest BCUT2D eigenvalue weighted by Crippen LogP contribution is 2.41. The zero-order valence-electron chi connectivity index (χ0n) is 15.5. The number of hydrogen-bond acceptors (Lipinski definition) is 2. The minimum atomic E-state index is 0.511. The number of fused-ring (bicyclic) bond motifs is 3. The van der Waals surface area contributed by atoms with E-state index >= 15 is 0 Å². The van der Waals surface area contributed by atoms with E-state index in [0.29, 0.717) is 5.92 Å². The van der Waals surface area contributed by atoms with Crippen molar-refractivity contribution in [2.45, 2.75) is 38.5 Å². The molecule has 1 heterocycles. The Balaban J connectivity index is 1.71. The van der Waals surface area contributed by atoms with Crippen molar-refractivity contribution in [2.24, 2.45) is 0 Å². The van der Waals surface area contributed by atoms with Gasteiger partial charge >= 0.3 is 0 Å². The van der Waals surface area contributed by atoms with Gasteiger partial charge in [0.2, 0.25) is 0 Å². The maximum Gasteiger partial charge on any atom is 0.160 e. The predicted molar refractivity (Wildman–Crippen MR) is 110 cm³/mol. The van der Waals surface area contributed by atoms with Crippen molar-refractivity contribution in [3.8, 4) is 11.5 Å². The molecule has 2 aromatic carbocycles. The Morgan fingerprint density at radius 2 is 1.92 bits per heavy atom. The van der Waals surface area contributed by atoms with Crippen molar-refractivity contribution >= 4 is 26.8 Å². The Morgan fingerprint density at radius 1 is 1.12 bits per heavy atom. The smallest absolute Gasteiger partial charge is 0.160 e. The van der Waals surface area contributed by atoms with Crippen molar-refractivity contribution in [3.63, 3.8) is 0 Å². The molecule has 1 unspecified atom stereocenters. The fraction of sp³-hybridized carbons (Fsp3) is 0.364. The molecule has 26 heavy (non-hydrogen) atoms. The van der Waals surface area contributed by atoms with E-state index in [0.717, 1.165) is 24.3 Å². The summed E-state index contributed by atoms with van der Waals surface area (Å²) in [5, 5.41) is 1.37. The van der Waals surface area contributed by atoms with Gasteiger partial charge in [-0.3, -0.25) is 0 Å². The lowest BCUT2D eigenvalue weighted by Crippen LogP contribution is -2.11. The van der Waals surface area contributed by atoms with Gasteiger partial charge in [-0.15, -0.1) is 0 Å². The molecule has 1 atom stereocenters. The molecular formula is C22H24BrNO2. The molecule has 0 bridgehead atoms. The SMILES string of the molecule is COc1ccc(CC2CCCc3c2[nH]c2c(Br)c(C)ccc32)cc1OC. The maximum absolute atomic E-state index is 5.47. The Labute approximate surface area is 162 Å². The van der Waals surface area contributed by atoms with Gasteiger partial charge < -0.3 is 14.5 Å². The van der Waals surface area contributed by atoms with Crippen LogP contribution in [0.25, 0.3) is 10.9 Å². The van der Waals surface area contributed by atoms with Crippen LogP contribution < -0.4 is 9.47 Å². The Hall–Kier alpha value is -1.94. The summed E-state index contributed by atoms with van der Waals surface area (Å²) < 4.78 is 12.0. The van der Waals surface area contributed by atoms with Crippen molar-refractivity contribution in [1.82, 2.24) is 4.98 Å². The first-order valence-electron chi connectivity index (χ1n) is 9.12. The second-order valence-corrected chi connectivity index (χ2v) is 7.91. The number of aryl methyl sites for hydroxylation is 2. The molecule has 136 valence electrons. The van der Waals surface area contributed by atoms with Crippen LogP contribution in [0.3, 0.4) is 0 Å². The molecular weight excluding hydrogens is 390 g/mol. The van der Waals surface area contributed by atoms with E-state index in [1.807, 2.05) is 6.07 Å². The van der Waals surface area contributed by atoms with E-state index in [-0.39, 0.29) is 0 Å². The monoisotopic (exact) mass is 413 g/mol. The van der Waals surface area contributed by atoms with Crippen LogP contribution in [0.1, 0.15) is 41.1 Å². The number of benzene rings is 2. The van der Waals surface area contributed by atoms with E-state index in [1.54, 1.807) is 14.2 Å². The average molecular weight is 414 g/mol. The highest BCUT2D eigenvalue weighted by atomic mass is 79.9. The van der Waals surface area contributed by atoms with E-state index in [1.165, 1.54) is 50.6 Å². The molecule has 1 aromatic heterocycles. The van der Waals surface area contributed by atoms with Crippen LogP contribution in [0.15, 0.2) is 34.8 Å². The van der Waals surface area contributed by atoms with Gasteiger partial charge in [0.1, 0.15) is 0 Å². The summed E-state index contributed by atoms with van der Waals surface area (Å²) in [7, 11) is 3.37. The standard InChI is InChI=1S/C22H24BrNO2/c1-13-7-9-17-16-6-4-5-15(21(16)24-22(17)20(13)23)11-14-8-10-18(25-2)19(12-14)26-3/h7-10,12,15,24H,4-6,11H2,1-3H3. The van der Waals surface area contributed by atoms with Gasteiger partial charge in [0.25, 0.3) is 0 Å². The van der Waals surface area contributed by atoms with Gasteiger partial charge in [-0.1, -0.05) is 18.2 Å². The number of methoxy groups -OCH3 is 2. The summed E-state index contributed by atoms with van der Waals surface area (Å²) in [6.07, 6.45) is 4.62. The molecule has 0 saturated carbocycles. The number of ether oxygens (including phenoxy) is 2. The normalized spacial score (nSPS) is 16.5. The van der Waals surface area contributed by atoms with Gasteiger partial charge in [-0.2, -0.15) is 0 Å². The molecule has 0 amide bonds. The fourth-order valence-corrected chi connectivity index (χ4v) is 4.64. The highest BCUT2D eigenvalue weighted by molar-refractivity contribution is 9.10. The minimum absolute atomic E-state index is 0.511. The first-order valence-corrected chi connectivity index (χ1v) is 9.92. The lowest BCUT2D eigenvalue weighted by molar-refractivity contribution is 0.354. The third-order valence-corrected chi connectivity index (χ3v) is 6.58. The summed E-state index contributed by atoms with van der Waals surface area (Å²) in [4.78, 5) is 3.74. The zero-order valence-corrected chi connectivity index (χ0v) is 17.1. The number of aromatic nitrogens is 1. The maximum atomic E-state index is 5.47. The molecule has 4 heteroatoms. The summed E-state index contributed by atoms with van der Waals surface area (Å²) in [5.74, 6) is 2.10. The van der Waals surface area contributed by atoms with Crippen LogP contribution in [-0.2, 0) is 12.8 Å². The van der Waals surface area contributed by atoms with E-state index < -0.39 is 0 Å². The molecule has 3 nitrogen and oxygen atoms in total. The molecule has 0 saturated heterocycles. The number of hydrogen-bond donors (Lipinski definition) is 1. The van der Waals surface area contributed by atoms with Gasteiger partial charge in [-0.25, -0.2) is 0 Å². The quantitative estimate of drug-likeness (QED) is 0.575. The van der Waals surface area contributed by atoms with Crippen LogP contribution >= 0.6 is 15.9 Å². The van der Waals surface area contributed by atoms with Crippen LogP contribution in [0.5, 0.6) is 11.5 Å². The molecule has 0 spiro atoms. The van der Waals surface area contributed by atoms with Crippen molar-refractivity contribution in [1.29, 1.82) is 0 Å². The number of halogens is 1. The highest BCUT2D eigenvalue weighted by Gasteiger charge is 2.25. The lowest BCUT2D eigenvalue weighted by Gasteiger charge is -2.23. The van der Waals surface area contributed by atoms with Gasteiger partial charge in [0.05, 0.1) is 19.7 Å².